The molecule has 0 unspecified atom stereocenters. The minimum atomic E-state index is 0.750. The summed E-state index contributed by atoms with van der Waals surface area (Å²) in [5, 5.41) is 9.06. The van der Waals surface area contributed by atoms with Crippen LogP contribution in [0.1, 0.15) is 11.4 Å². The molecule has 84 valence electrons. The lowest BCUT2D eigenvalue weighted by Gasteiger charge is -2.00. The van der Waals surface area contributed by atoms with Crippen LogP contribution in [0, 0.1) is 0 Å². The highest BCUT2D eigenvalue weighted by Crippen LogP contribution is 2.13. The minimum absolute atomic E-state index is 0.750. The van der Waals surface area contributed by atoms with Crippen LogP contribution < -0.4 is 0 Å². The lowest BCUT2D eigenvalue weighted by molar-refractivity contribution is 0.934. The highest BCUT2D eigenvalue weighted by molar-refractivity contribution is 6.30. The predicted molar refractivity (Wildman–Crippen MR) is 67.2 cm³/mol. The highest BCUT2D eigenvalue weighted by Gasteiger charge is 2.05. The van der Waals surface area contributed by atoms with E-state index in [0.717, 1.165) is 22.9 Å². The molecular formula is C13H10ClN3. The van der Waals surface area contributed by atoms with Crippen molar-refractivity contribution in [2.75, 3.05) is 0 Å². The van der Waals surface area contributed by atoms with Gasteiger partial charge in [-0.05, 0) is 29.8 Å². The lowest BCUT2D eigenvalue weighted by atomic mass is 10.1. The SMILES string of the molecule is Clc1ccc(Cc2nnc3ccccn23)cc1. The Labute approximate surface area is 104 Å². The van der Waals surface area contributed by atoms with Gasteiger partial charge in [-0.15, -0.1) is 10.2 Å². The van der Waals surface area contributed by atoms with E-state index in [1.54, 1.807) is 0 Å². The van der Waals surface area contributed by atoms with E-state index in [4.69, 9.17) is 11.6 Å². The fourth-order valence-electron chi connectivity index (χ4n) is 1.80. The number of benzene rings is 1. The quantitative estimate of drug-likeness (QED) is 0.693. The van der Waals surface area contributed by atoms with Crippen LogP contribution in [0.15, 0.2) is 48.7 Å². The number of pyridine rings is 1. The van der Waals surface area contributed by atoms with Gasteiger partial charge in [-0.2, -0.15) is 0 Å². The third kappa shape index (κ3) is 2.01. The molecule has 0 N–H and O–H groups in total. The fourth-order valence-corrected chi connectivity index (χ4v) is 1.92. The first-order valence-electron chi connectivity index (χ1n) is 5.36. The Morgan fingerprint density at radius 3 is 2.65 bits per heavy atom. The van der Waals surface area contributed by atoms with Crippen LogP contribution in [-0.2, 0) is 6.42 Å². The Hall–Kier alpha value is -1.87. The smallest absolute Gasteiger partial charge is 0.160 e. The standard InChI is InChI=1S/C13H10ClN3/c14-11-6-4-10(5-7-11)9-13-16-15-12-3-1-2-8-17(12)13/h1-8H,9H2. The Bertz CT molecular complexity index is 643. The summed E-state index contributed by atoms with van der Waals surface area (Å²) in [6.07, 6.45) is 2.73. The van der Waals surface area contributed by atoms with Crippen LogP contribution in [0.3, 0.4) is 0 Å². The molecule has 2 aromatic heterocycles. The van der Waals surface area contributed by atoms with Gasteiger partial charge in [-0.1, -0.05) is 29.8 Å². The average molecular weight is 244 g/mol. The van der Waals surface area contributed by atoms with Crippen LogP contribution in [0.5, 0.6) is 0 Å². The second-order valence-corrected chi connectivity index (χ2v) is 4.28. The fraction of sp³-hybridized carbons (Fsp3) is 0.0769. The van der Waals surface area contributed by atoms with Crippen molar-refractivity contribution in [2.24, 2.45) is 0 Å². The van der Waals surface area contributed by atoms with Gasteiger partial charge in [0.2, 0.25) is 0 Å². The van der Waals surface area contributed by atoms with E-state index in [1.165, 1.54) is 5.56 Å². The molecule has 0 radical (unpaired) electrons. The molecule has 1 aromatic carbocycles. The third-order valence-corrected chi connectivity index (χ3v) is 2.91. The van der Waals surface area contributed by atoms with Gasteiger partial charge in [0.25, 0.3) is 0 Å². The monoisotopic (exact) mass is 243 g/mol. The Kier molecular flexibility index (Phi) is 2.53. The van der Waals surface area contributed by atoms with Gasteiger partial charge in [-0.25, -0.2) is 0 Å². The van der Waals surface area contributed by atoms with E-state index in [1.807, 2.05) is 53.1 Å². The second-order valence-electron chi connectivity index (χ2n) is 3.85. The zero-order valence-corrected chi connectivity index (χ0v) is 9.80. The predicted octanol–water partition coefficient (Wildman–Crippen LogP) is 2.97. The molecule has 0 fully saturated rings. The van der Waals surface area contributed by atoms with Crippen molar-refractivity contribution in [2.45, 2.75) is 6.42 Å². The van der Waals surface area contributed by atoms with E-state index in [9.17, 15) is 0 Å². The van der Waals surface area contributed by atoms with Crippen molar-refractivity contribution >= 4 is 17.2 Å². The summed E-state index contributed by atoms with van der Waals surface area (Å²) in [4.78, 5) is 0. The first-order chi connectivity index (χ1) is 8.33. The Balaban J connectivity index is 1.97. The molecule has 17 heavy (non-hydrogen) atoms. The van der Waals surface area contributed by atoms with E-state index < -0.39 is 0 Å². The van der Waals surface area contributed by atoms with E-state index in [2.05, 4.69) is 10.2 Å². The summed E-state index contributed by atoms with van der Waals surface area (Å²) in [7, 11) is 0. The van der Waals surface area contributed by atoms with Crippen molar-refractivity contribution in [1.82, 2.24) is 14.6 Å². The molecule has 3 rings (SSSR count). The number of hydrogen-bond acceptors (Lipinski definition) is 2. The van der Waals surface area contributed by atoms with Gasteiger partial charge < -0.3 is 0 Å². The van der Waals surface area contributed by atoms with Crippen LogP contribution >= 0.6 is 11.6 Å². The van der Waals surface area contributed by atoms with Gasteiger partial charge in [0, 0.05) is 17.6 Å². The Morgan fingerprint density at radius 2 is 1.82 bits per heavy atom. The first kappa shape index (κ1) is 10.3. The van der Waals surface area contributed by atoms with Gasteiger partial charge in [0.15, 0.2) is 5.65 Å². The molecule has 0 aliphatic heterocycles. The van der Waals surface area contributed by atoms with Gasteiger partial charge in [0.05, 0.1) is 0 Å². The molecule has 3 nitrogen and oxygen atoms in total. The molecule has 0 amide bonds. The molecular weight excluding hydrogens is 234 g/mol. The number of fused-ring (bicyclic) bond motifs is 1. The van der Waals surface area contributed by atoms with Crippen LogP contribution in [0.25, 0.3) is 5.65 Å². The zero-order chi connectivity index (χ0) is 11.7. The average Bonchev–Trinajstić information content (AvgIpc) is 2.76. The Morgan fingerprint density at radius 1 is 1.00 bits per heavy atom. The number of nitrogens with zero attached hydrogens (tertiary/aromatic N) is 3. The summed E-state index contributed by atoms with van der Waals surface area (Å²) < 4.78 is 1.99. The summed E-state index contributed by atoms with van der Waals surface area (Å²) in [6.45, 7) is 0. The minimum Gasteiger partial charge on any atom is -0.286 e. The highest BCUT2D eigenvalue weighted by atomic mass is 35.5. The van der Waals surface area contributed by atoms with Crippen molar-refractivity contribution in [3.63, 3.8) is 0 Å². The zero-order valence-electron chi connectivity index (χ0n) is 9.05. The van der Waals surface area contributed by atoms with E-state index >= 15 is 0 Å². The lowest BCUT2D eigenvalue weighted by Crippen LogP contribution is -1.95. The van der Waals surface area contributed by atoms with Crippen molar-refractivity contribution in [3.05, 3.63) is 65.1 Å². The summed E-state index contributed by atoms with van der Waals surface area (Å²) in [6, 6.07) is 13.7. The number of aromatic nitrogens is 3. The molecule has 2 heterocycles. The summed E-state index contributed by atoms with van der Waals surface area (Å²) in [5.41, 5.74) is 2.05. The molecule has 3 aromatic rings. The van der Waals surface area contributed by atoms with Crippen molar-refractivity contribution < 1.29 is 0 Å². The summed E-state index contributed by atoms with van der Waals surface area (Å²) in [5.74, 6) is 0.933. The van der Waals surface area contributed by atoms with Gasteiger partial charge in [0.1, 0.15) is 5.82 Å². The van der Waals surface area contributed by atoms with Gasteiger partial charge >= 0.3 is 0 Å². The largest absolute Gasteiger partial charge is 0.286 e. The topological polar surface area (TPSA) is 30.2 Å². The van der Waals surface area contributed by atoms with Crippen molar-refractivity contribution in [1.29, 1.82) is 0 Å². The van der Waals surface area contributed by atoms with Crippen LogP contribution in [0.2, 0.25) is 5.02 Å². The van der Waals surface area contributed by atoms with Crippen molar-refractivity contribution in [3.8, 4) is 0 Å². The number of halogens is 1. The first-order valence-corrected chi connectivity index (χ1v) is 5.74. The molecule has 0 atom stereocenters. The maximum atomic E-state index is 5.86. The van der Waals surface area contributed by atoms with Crippen LogP contribution in [0.4, 0.5) is 0 Å². The molecule has 0 saturated carbocycles. The summed E-state index contributed by atoms with van der Waals surface area (Å²) >= 11 is 5.86. The molecule has 4 heteroatoms. The molecule has 0 aliphatic carbocycles. The maximum Gasteiger partial charge on any atom is 0.160 e. The normalized spacial score (nSPS) is 10.9. The number of rotatable bonds is 2. The second kappa shape index (κ2) is 4.18. The van der Waals surface area contributed by atoms with E-state index in [0.29, 0.717) is 0 Å². The molecule has 0 spiro atoms. The van der Waals surface area contributed by atoms with E-state index in [-0.39, 0.29) is 0 Å². The third-order valence-electron chi connectivity index (χ3n) is 2.66. The maximum absolute atomic E-state index is 5.86. The molecule has 0 bridgehead atoms. The molecule has 0 aliphatic rings. The molecule has 0 saturated heterocycles. The van der Waals surface area contributed by atoms with Gasteiger partial charge in [-0.3, -0.25) is 4.40 Å². The number of hydrogen-bond donors (Lipinski definition) is 0. The van der Waals surface area contributed by atoms with Crippen LogP contribution in [-0.4, -0.2) is 14.6 Å².